The lowest BCUT2D eigenvalue weighted by Gasteiger charge is -2.07. The number of aromatic nitrogens is 1. The standard InChI is InChI=1S/C15H9FN2O3S/c1-2-10-8-12-15(22-10)14(5-6-17-12)21-13-4-3-9(18(19)20)7-11(13)16/h2-8H,1H2. The van der Waals surface area contributed by atoms with Gasteiger partial charge in [-0.1, -0.05) is 12.7 Å². The molecule has 0 fully saturated rings. The van der Waals surface area contributed by atoms with Gasteiger partial charge in [-0.3, -0.25) is 15.1 Å². The van der Waals surface area contributed by atoms with E-state index >= 15 is 0 Å². The molecule has 0 amide bonds. The van der Waals surface area contributed by atoms with Crippen LogP contribution in [0.2, 0.25) is 0 Å². The number of thiophene rings is 1. The number of benzene rings is 1. The summed E-state index contributed by atoms with van der Waals surface area (Å²) >= 11 is 1.42. The van der Waals surface area contributed by atoms with Crippen molar-refractivity contribution >= 4 is 33.3 Å². The van der Waals surface area contributed by atoms with E-state index in [1.807, 2.05) is 6.07 Å². The zero-order chi connectivity index (χ0) is 15.7. The second-order valence-electron chi connectivity index (χ2n) is 4.35. The van der Waals surface area contributed by atoms with E-state index in [0.717, 1.165) is 21.2 Å². The van der Waals surface area contributed by atoms with Crippen molar-refractivity contribution in [3.8, 4) is 11.5 Å². The first kappa shape index (κ1) is 14.2. The van der Waals surface area contributed by atoms with Crippen LogP contribution in [0.3, 0.4) is 0 Å². The maximum absolute atomic E-state index is 13.9. The van der Waals surface area contributed by atoms with Crippen LogP contribution < -0.4 is 4.74 Å². The summed E-state index contributed by atoms with van der Waals surface area (Å²) in [4.78, 5) is 15.1. The molecular formula is C15H9FN2O3S. The number of rotatable bonds is 4. The van der Waals surface area contributed by atoms with Gasteiger partial charge in [0.1, 0.15) is 5.75 Å². The van der Waals surface area contributed by atoms with Crippen molar-refractivity contribution in [2.24, 2.45) is 0 Å². The van der Waals surface area contributed by atoms with Gasteiger partial charge in [-0.05, 0) is 12.1 Å². The molecule has 3 rings (SSSR count). The Kier molecular flexibility index (Phi) is 3.56. The topological polar surface area (TPSA) is 65.3 Å². The van der Waals surface area contributed by atoms with Gasteiger partial charge in [0.05, 0.1) is 21.2 Å². The summed E-state index contributed by atoms with van der Waals surface area (Å²) < 4.78 is 20.2. The number of nitro groups is 1. The molecule has 0 atom stereocenters. The van der Waals surface area contributed by atoms with Gasteiger partial charge in [-0.15, -0.1) is 11.3 Å². The van der Waals surface area contributed by atoms with Gasteiger partial charge < -0.3 is 4.74 Å². The van der Waals surface area contributed by atoms with Crippen LogP contribution in [0.15, 0.2) is 43.1 Å². The first-order valence-electron chi connectivity index (χ1n) is 6.21. The highest BCUT2D eigenvalue weighted by molar-refractivity contribution is 7.20. The van der Waals surface area contributed by atoms with Crippen molar-refractivity contribution in [3.63, 3.8) is 0 Å². The number of fused-ring (bicyclic) bond motifs is 1. The molecule has 0 saturated heterocycles. The molecule has 0 aliphatic carbocycles. The highest BCUT2D eigenvalue weighted by Crippen LogP contribution is 2.36. The molecule has 7 heteroatoms. The van der Waals surface area contributed by atoms with Crippen LogP contribution in [0, 0.1) is 15.9 Å². The average Bonchev–Trinajstić information content (AvgIpc) is 2.93. The molecule has 0 aliphatic rings. The third kappa shape index (κ3) is 2.53. The fourth-order valence-electron chi connectivity index (χ4n) is 1.92. The summed E-state index contributed by atoms with van der Waals surface area (Å²) in [5.74, 6) is -0.429. The Labute approximate surface area is 128 Å². The van der Waals surface area contributed by atoms with Crippen molar-refractivity contribution in [1.82, 2.24) is 4.98 Å². The zero-order valence-corrected chi connectivity index (χ0v) is 12.0. The normalized spacial score (nSPS) is 10.6. The number of hydrogen-bond acceptors (Lipinski definition) is 5. The highest BCUT2D eigenvalue weighted by Gasteiger charge is 2.14. The molecule has 5 nitrogen and oxygen atoms in total. The molecular weight excluding hydrogens is 307 g/mol. The molecule has 110 valence electrons. The largest absolute Gasteiger partial charge is 0.453 e. The zero-order valence-electron chi connectivity index (χ0n) is 11.2. The highest BCUT2D eigenvalue weighted by atomic mass is 32.1. The molecule has 0 spiro atoms. The Morgan fingerprint density at radius 3 is 2.82 bits per heavy atom. The quantitative estimate of drug-likeness (QED) is 0.513. The van der Waals surface area contributed by atoms with Gasteiger partial charge in [0.2, 0.25) is 0 Å². The molecule has 2 aromatic heterocycles. The van der Waals surface area contributed by atoms with Gasteiger partial charge in [0.25, 0.3) is 5.69 Å². The predicted molar refractivity (Wildman–Crippen MR) is 82.8 cm³/mol. The number of halogens is 1. The van der Waals surface area contributed by atoms with Gasteiger partial charge in [-0.25, -0.2) is 4.39 Å². The summed E-state index contributed by atoms with van der Waals surface area (Å²) in [7, 11) is 0. The first-order valence-corrected chi connectivity index (χ1v) is 7.03. The minimum Gasteiger partial charge on any atom is -0.453 e. The van der Waals surface area contributed by atoms with E-state index in [2.05, 4.69) is 11.6 Å². The van der Waals surface area contributed by atoms with Crippen LogP contribution in [0.4, 0.5) is 10.1 Å². The first-order chi connectivity index (χ1) is 10.6. The second-order valence-corrected chi connectivity index (χ2v) is 5.43. The molecule has 1 aromatic carbocycles. The van der Waals surface area contributed by atoms with E-state index in [1.54, 1.807) is 18.3 Å². The number of nitro benzene ring substituents is 1. The minimum absolute atomic E-state index is 0.0772. The Bertz CT molecular complexity index is 892. The monoisotopic (exact) mass is 316 g/mol. The Morgan fingerprint density at radius 2 is 2.14 bits per heavy atom. The number of ether oxygens (including phenoxy) is 1. The van der Waals surface area contributed by atoms with Crippen LogP contribution in [0.1, 0.15) is 4.88 Å². The lowest BCUT2D eigenvalue weighted by Crippen LogP contribution is -1.92. The maximum Gasteiger partial charge on any atom is 0.272 e. The lowest BCUT2D eigenvalue weighted by atomic mass is 10.3. The Morgan fingerprint density at radius 1 is 1.32 bits per heavy atom. The molecule has 2 heterocycles. The van der Waals surface area contributed by atoms with Crippen molar-refractivity contribution < 1.29 is 14.1 Å². The second kappa shape index (κ2) is 5.53. The van der Waals surface area contributed by atoms with E-state index in [1.165, 1.54) is 23.5 Å². The minimum atomic E-state index is -0.792. The van der Waals surface area contributed by atoms with E-state index in [4.69, 9.17) is 4.74 Å². The maximum atomic E-state index is 13.9. The Hall–Kier alpha value is -2.80. The van der Waals surface area contributed by atoms with E-state index in [-0.39, 0.29) is 11.4 Å². The summed E-state index contributed by atoms with van der Waals surface area (Å²) in [5, 5.41) is 10.6. The van der Waals surface area contributed by atoms with E-state index in [9.17, 15) is 14.5 Å². The van der Waals surface area contributed by atoms with Crippen LogP contribution in [0.25, 0.3) is 16.3 Å². The average molecular weight is 316 g/mol. The van der Waals surface area contributed by atoms with Crippen molar-refractivity contribution in [3.05, 3.63) is 63.9 Å². The van der Waals surface area contributed by atoms with Crippen LogP contribution in [-0.2, 0) is 0 Å². The molecule has 0 aliphatic heterocycles. The fourth-order valence-corrected chi connectivity index (χ4v) is 2.83. The Balaban J connectivity index is 2.01. The van der Waals surface area contributed by atoms with Crippen LogP contribution in [0.5, 0.6) is 11.5 Å². The smallest absolute Gasteiger partial charge is 0.272 e. The number of hydrogen-bond donors (Lipinski definition) is 0. The molecule has 0 unspecified atom stereocenters. The van der Waals surface area contributed by atoms with Gasteiger partial charge in [0, 0.05) is 23.2 Å². The summed E-state index contributed by atoms with van der Waals surface area (Å²) in [5.41, 5.74) is 0.398. The number of pyridine rings is 1. The predicted octanol–water partition coefficient (Wildman–Crippen LogP) is 4.78. The summed E-state index contributed by atoms with van der Waals surface area (Å²) in [6.45, 7) is 3.70. The van der Waals surface area contributed by atoms with Crippen LogP contribution >= 0.6 is 11.3 Å². The molecule has 0 N–H and O–H groups in total. The SMILES string of the molecule is C=Cc1cc2nccc(Oc3ccc([N+](=O)[O-])cc3F)c2s1. The summed E-state index contributed by atoms with van der Waals surface area (Å²) in [6, 6.07) is 6.73. The molecule has 3 aromatic rings. The van der Waals surface area contributed by atoms with Crippen molar-refractivity contribution in [2.45, 2.75) is 0 Å². The van der Waals surface area contributed by atoms with Crippen molar-refractivity contribution in [2.75, 3.05) is 0 Å². The van der Waals surface area contributed by atoms with Gasteiger partial charge in [0.15, 0.2) is 11.6 Å². The van der Waals surface area contributed by atoms with E-state index in [0.29, 0.717) is 5.75 Å². The number of non-ortho nitro benzene ring substituents is 1. The lowest BCUT2D eigenvalue weighted by molar-refractivity contribution is -0.385. The van der Waals surface area contributed by atoms with Crippen molar-refractivity contribution in [1.29, 1.82) is 0 Å². The van der Waals surface area contributed by atoms with Gasteiger partial charge >= 0.3 is 0 Å². The molecule has 22 heavy (non-hydrogen) atoms. The van der Waals surface area contributed by atoms with Gasteiger partial charge in [-0.2, -0.15) is 0 Å². The number of nitrogens with zero attached hydrogens (tertiary/aromatic N) is 2. The third-order valence-electron chi connectivity index (χ3n) is 2.94. The summed E-state index contributed by atoms with van der Waals surface area (Å²) in [6.07, 6.45) is 3.25. The fraction of sp³-hybridized carbons (Fsp3) is 0. The third-order valence-corrected chi connectivity index (χ3v) is 4.08. The molecule has 0 saturated carbocycles. The molecule has 0 bridgehead atoms. The van der Waals surface area contributed by atoms with E-state index < -0.39 is 10.7 Å². The molecule has 0 radical (unpaired) electrons. The van der Waals surface area contributed by atoms with Crippen LogP contribution in [-0.4, -0.2) is 9.91 Å².